The Hall–Kier alpha value is -1.08. The number of sulfonamides is 1. The lowest BCUT2D eigenvalue weighted by Crippen LogP contribution is -2.39. The van der Waals surface area contributed by atoms with Gasteiger partial charge in [0.25, 0.3) is 0 Å². The molecule has 118 valence electrons. The molecule has 0 saturated carbocycles. The number of hydrogen-bond donors (Lipinski definition) is 1. The summed E-state index contributed by atoms with van der Waals surface area (Å²) < 4.78 is 26.0. The summed E-state index contributed by atoms with van der Waals surface area (Å²) in [5.41, 5.74) is 1.61. The maximum atomic E-state index is 11.9. The number of nitrogens with zero attached hydrogens (tertiary/aromatic N) is 1. The second-order valence-corrected chi connectivity index (χ2v) is 7.98. The van der Waals surface area contributed by atoms with Crippen molar-refractivity contribution in [3.63, 3.8) is 0 Å². The molecule has 1 aromatic rings. The van der Waals surface area contributed by atoms with Crippen molar-refractivity contribution in [2.24, 2.45) is 5.92 Å². The van der Waals surface area contributed by atoms with Gasteiger partial charge >= 0.3 is 0 Å². The Bertz CT molecular complexity index is 615. The lowest BCUT2D eigenvalue weighted by atomic mass is 10.2. The molecule has 0 aliphatic heterocycles. The molecule has 0 spiro atoms. The Balaban J connectivity index is 2.87. The number of carbonyl (C=O) groups is 1. The summed E-state index contributed by atoms with van der Waals surface area (Å²) in [6.07, 6.45) is 1.16. The summed E-state index contributed by atoms with van der Waals surface area (Å²) in [5, 5.41) is 2.72. The van der Waals surface area contributed by atoms with E-state index in [4.69, 9.17) is 0 Å². The van der Waals surface area contributed by atoms with E-state index < -0.39 is 10.0 Å². The van der Waals surface area contributed by atoms with Crippen LogP contribution in [-0.2, 0) is 14.8 Å². The van der Waals surface area contributed by atoms with Gasteiger partial charge in [-0.3, -0.25) is 9.10 Å². The number of aryl methyl sites for hydroxylation is 1. The molecular formula is C14H21BrN2O3S. The van der Waals surface area contributed by atoms with Gasteiger partial charge in [0.15, 0.2) is 0 Å². The van der Waals surface area contributed by atoms with Crippen molar-refractivity contribution in [3.05, 3.63) is 28.2 Å². The van der Waals surface area contributed by atoms with Gasteiger partial charge in [0.2, 0.25) is 15.9 Å². The van der Waals surface area contributed by atoms with Crippen LogP contribution in [0.4, 0.5) is 5.69 Å². The Morgan fingerprint density at radius 2 is 2.00 bits per heavy atom. The summed E-state index contributed by atoms with van der Waals surface area (Å²) in [4.78, 5) is 11.5. The van der Waals surface area contributed by atoms with E-state index in [0.717, 1.165) is 16.3 Å². The second kappa shape index (κ2) is 7.26. The SMILES string of the molecule is Cc1ccc(N(CCNC(=O)C(C)C)S(C)(=O)=O)cc1Br. The van der Waals surface area contributed by atoms with Crippen molar-refractivity contribution < 1.29 is 13.2 Å². The highest BCUT2D eigenvalue weighted by molar-refractivity contribution is 9.10. The Kier molecular flexibility index (Phi) is 6.22. The van der Waals surface area contributed by atoms with Crippen LogP contribution in [0.3, 0.4) is 0 Å². The van der Waals surface area contributed by atoms with Gasteiger partial charge in [0.1, 0.15) is 0 Å². The van der Waals surface area contributed by atoms with Crippen molar-refractivity contribution >= 4 is 37.5 Å². The van der Waals surface area contributed by atoms with Crippen molar-refractivity contribution in [3.8, 4) is 0 Å². The first-order valence-corrected chi connectivity index (χ1v) is 9.28. The lowest BCUT2D eigenvalue weighted by Gasteiger charge is -2.23. The minimum Gasteiger partial charge on any atom is -0.354 e. The van der Waals surface area contributed by atoms with E-state index in [1.54, 1.807) is 26.0 Å². The standard InChI is InChI=1S/C14H21BrN2O3S/c1-10(2)14(18)16-7-8-17(21(4,19)20)12-6-5-11(3)13(15)9-12/h5-6,9-10H,7-8H2,1-4H3,(H,16,18). The van der Waals surface area contributed by atoms with Crippen LogP contribution in [0.15, 0.2) is 22.7 Å². The monoisotopic (exact) mass is 376 g/mol. The molecule has 0 aliphatic rings. The Labute approximate surface area is 134 Å². The van der Waals surface area contributed by atoms with Gasteiger partial charge in [0.05, 0.1) is 18.5 Å². The molecule has 0 radical (unpaired) electrons. The van der Waals surface area contributed by atoms with Crippen LogP contribution in [-0.4, -0.2) is 33.7 Å². The molecule has 0 aliphatic carbocycles. The quantitative estimate of drug-likeness (QED) is 0.827. The minimum atomic E-state index is -3.40. The van der Waals surface area contributed by atoms with Crippen LogP contribution in [0.2, 0.25) is 0 Å². The second-order valence-electron chi connectivity index (χ2n) is 5.21. The largest absolute Gasteiger partial charge is 0.354 e. The van der Waals surface area contributed by atoms with E-state index in [-0.39, 0.29) is 24.9 Å². The number of hydrogen-bond acceptors (Lipinski definition) is 3. The van der Waals surface area contributed by atoms with E-state index in [9.17, 15) is 13.2 Å². The van der Waals surface area contributed by atoms with Crippen LogP contribution in [0.1, 0.15) is 19.4 Å². The average molecular weight is 377 g/mol. The van der Waals surface area contributed by atoms with Crippen LogP contribution in [0.25, 0.3) is 0 Å². The first-order chi connectivity index (χ1) is 9.62. The fraction of sp³-hybridized carbons (Fsp3) is 0.500. The smallest absolute Gasteiger partial charge is 0.232 e. The van der Waals surface area contributed by atoms with Crippen LogP contribution in [0, 0.1) is 12.8 Å². The number of carbonyl (C=O) groups excluding carboxylic acids is 1. The normalized spacial score (nSPS) is 11.5. The lowest BCUT2D eigenvalue weighted by molar-refractivity contribution is -0.123. The highest BCUT2D eigenvalue weighted by Crippen LogP contribution is 2.24. The first-order valence-electron chi connectivity index (χ1n) is 6.64. The van der Waals surface area contributed by atoms with Gasteiger partial charge in [-0.1, -0.05) is 35.8 Å². The highest BCUT2D eigenvalue weighted by atomic mass is 79.9. The molecule has 0 fully saturated rings. The number of rotatable bonds is 6. The van der Waals surface area contributed by atoms with Crippen molar-refractivity contribution in [1.82, 2.24) is 5.32 Å². The molecule has 0 saturated heterocycles. The van der Waals surface area contributed by atoms with E-state index in [1.807, 2.05) is 13.0 Å². The van der Waals surface area contributed by atoms with E-state index in [2.05, 4.69) is 21.2 Å². The molecule has 0 heterocycles. The minimum absolute atomic E-state index is 0.0893. The number of benzene rings is 1. The van der Waals surface area contributed by atoms with Gasteiger partial charge in [-0.2, -0.15) is 0 Å². The van der Waals surface area contributed by atoms with Crippen LogP contribution < -0.4 is 9.62 Å². The zero-order valence-electron chi connectivity index (χ0n) is 12.7. The molecule has 1 amide bonds. The first kappa shape index (κ1) is 18.0. The number of halogens is 1. The summed E-state index contributed by atoms with van der Waals surface area (Å²) in [6.45, 7) is 5.99. The van der Waals surface area contributed by atoms with Crippen molar-refractivity contribution in [2.75, 3.05) is 23.7 Å². The summed E-state index contributed by atoms with van der Waals surface area (Å²) in [6, 6.07) is 5.37. The molecule has 7 heteroatoms. The van der Waals surface area contributed by atoms with Gasteiger partial charge < -0.3 is 5.32 Å². The van der Waals surface area contributed by atoms with Crippen molar-refractivity contribution in [2.45, 2.75) is 20.8 Å². The predicted molar refractivity (Wildman–Crippen MR) is 88.9 cm³/mol. The number of anilines is 1. The fourth-order valence-corrected chi connectivity index (χ4v) is 2.99. The van der Waals surface area contributed by atoms with Gasteiger partial charge in [-0.25, -0.2) is 8.42 Å². The summed E-state index contributed by atoms with van der Waals surface area (Å²) >= 11 is 3.40. The van der Waals surface area contributed by atoms with Gasteiger partial charge in [-0.15, -0.1) is 0 Å². The summed E-state index contributed by atoms with van der Waals surface area (Å²) in [5.74, 6) is -0.209. The Morgan fingerprint density at radius 1 is 1.38 bits per heavy atom. The van der Waals surface area contributed by atoms with Crippen LogP contribution >= 0.6 is 15.9 Å². The molecule has 1 rings (SSSR count). The third-order valence-corrected chi connectivity index (χ3v) is 5.03. The number of amides is 1. The molecule has 0 atom stereocenters. The molecule has 1 N–H and O–H groups in total. The average Bonchev–Trinajstić information content (AvgIpc) is 2.36. The van der Waals surface area contributed by atoms with Gasteiger partial charge in [-0.05, 0) is 24.6 Å². The molecule has 5 nitrogen and oxygen atoms in total. The predicted octanol–water partition coefficient (Wildman–Crippen LogP) is 2.30. The molecule has 21 heavy (non-hydrogen) atoms. The maximum absolute atomic E-state index is 11.9. The summed E-state index contributed by atoms with van der Waals surface area (Å²) in [7, 11) is -3.40. The zero-order valence-corrected chi connectivity index (χ0v) is 15.1. The molecule has 1 aromatic carbocycles. The molecule has 0 bridgehead atoms. The topological polar surface area (TPSA) is 66.5 Å². The molecule has 0 unspecified atom stereocenters. The molecular weight excluding hydrogens is 356 g/mol. The number of nitrogens with one attached hydrogen (secondary N) is 1. The highest BCUT2D eigenvalue weighted by Gasteiger charge is 2.18. The Morgan fingerprint density at radius 3 is 2.48 bits per heavy atom. The van der Waals surface area contributed by atoms with Crippen molar-refractivity contribution in [1.29, 1.82) is 0 Å². The third kappa shape index (κ3) is 5.32. The zero-order chi connectivity index (χ0) is 16.2. The van der Waals surface area contributed by atoms with E-state index in [0.29, 0.717) is 5.69 Å². The van der Waals surface area contributed by atoms with E-state index in [1.165, 1.54) is 4.31 Å². The maximum Gasteiger partial charge on any atom is 0.232 e. The van der Waals surface area contributed by atoms with Crippen LogP contribution in [0.5, 0.6) is 0 Å². The molecule has 0 aromatic heterocycles. The van der Waals surface area contributed by atoms with E-state index >= 15 is 0 Å². The van der Waals surface area contributed by atoms with Gasteiger partial charge in [0, 0.05) is 16.9 Å². The third-order valence-electron chi connectivity index (χ3n) is 2.98. The fourth-order valence-electron chi connectivity index (χ4n) is 1.71.